The van der Waals surface area contributed by atoms with Crippen LogP contribution in [0.15, 0.2) is 64.6 Å². The largest absolute Gasteiger partial charge is 0.497 e. The minimum absolute atomic E-state index is 0.137. The summed E-state index contributed by atoms with van der Waals surface area (Å²) in [4.78, 5) is 31.4. The van der Waals surface area contributed by atoms with Gasteiger partial charge >= 0.3 is 5.97 Å². The van der Waals surface area contributed by atoms with E-state index in [1.807, 2.05) is 6.07 Å². The van der Waals surface area contributed by atoms with Crippen LogP contribution >= 0.6 is 0 Å². The van der Waals surface area contributed by atoms with Crippen LogP contribution < -0.4 is 20.3 Å². The molecule has 0 amide bonds. The van der Waals surface area contributed by atoms with Crippen molar-refractivity contribution in [1.82, 2.24) is 9.55 Å². The first-order chi connectivity index (χ1) is 16.9. The molecule has 1 N–H and O–H groups in total. The van der Waals surface area contributed by atoms with Gasteiger partial charge < -0.3 is 19.5 Å². The van der Waals surface area contributed by atoms with Crippen molar-refractivity contribution in [2.24, 2.45) is 0 Å². The van der Waals surface area contributed by atoms with Crippen LogP contribution in [0.1, 0.15) is 31.0 Å². The summed E-state index contributed by atoms with van der Waals surface area (Å²) in [6.07, 6.45) is 0. The number of aromatic nitrogens is 2. The zero-order valence-corrected chi connectivity index (χ0v) is 19.8. The maximum atomic E-state index is 13.7. The minimum Gasteiger partial charge on any atom is -0.497 e. The number of hydrogen-bond donors (Lipinski definition) is 1. The van der Waals surface area contributed by atoms with Crippen molar-refractivity contribution in [3.63, 3.8) is 0 Å². The fourth-order valence-corrected chi connectivity index (χ4v) is 4.06. The number of esters is 1. The van der Waals surface area contributed by atoms with Gasteiger partial charge in [0.1, 0.15) is 23.1 Å². The number of benzene rings is 2. The average molecular weight is 473 g/mol. The van der Waals surface area contributed by atoms with E-state index < -0.39 is 17.6 Å². The summed E-state index contributed by atoms with van der Waals surface area (Å²) in [5.41, 5.74) is 1.51. The SMILES string of the molecule is CCOC(=O)C1=C(C)Nc2nc(-c3ccc(OC)cc3)c(C#N)c(=O)n2C1c1ccc(OC)cc1. The average Bonchev–Trinajstić information content (AvgIpc) is 2.88. The molecule has 0 saturated heterocycles. The Kier molecular flexibility index (Phi) is 6.55. The van der Waals surface area contributed by atoms with Gasteiger partial charge in [0, 0.05) is 11.3 Å². The molecule has 3 aromatic rings. The Morgan fingerprint density at radius 2 is 1.69 bits per heavy atom. The molecule has 0 saturated carbocycles. The Morgan fingerprint density at radius 1 is 1.09 bits per heavy atom. The molecule has 1 aliphatic heterocycles. The van der Waals surface area contributed by atoms with Crippen molar-refractivity contribution in [1.29, 1.82) is 5.26 Å². The number of nitrogens with zero attached hydrogens (tertiary/aromatic N) is 3. The molecule has 178 valence electrons. The lowest BCUT2D eigenvalue weighted by Crippen LogP contribution is -2.38. The third kappa shape index (κ3) is 4.22. The van der Waals surface area contributed by atoms with Crippen molar-refractivity contribution >= 4 is 11.9 Å². The number of methoxy groups -OCH3 is 2. The van der Waals surface area contributed by atoms with E-state index in [1.165, 1.54) is 4.57 Å². The first-order valence-electron chi connectivity index (χ1n) is 10.9. The van der Waals surface area contributed by atoms with Crippen molar-refractivity contribution in [2.75, 3.05) is 26.1 Å². The molecule has 0 fully saturated rings. The monoisotopic (exact) mass is 472 g/mol. The molecule has 2 heterocycles. The second kappa shape index (κ2) is 9.73. The van der Waals surface area contributed by atoms with Crippen LogP contribution in [0, 0.1) is 11.3 Å². The number of nitrogens with one attached hydrogen (secondary N) is 1. The molecule has 0 bridgehead atoms. The van der Waals surface area contributed by atoms with Gasteiger partial charge in [-0.2, -0.15) is 5.26 Å². The lowest BCUT2D eigenvalue weighted by atomic mass is 9.94. The first-order valence-corrected chi connectivity index (χ1v) is 10.9. The third-order valence-corrected chi connectivity index (χ3v) is 5.75. The van der Waals surface area contributed by atoms with E-state index in [2.05, 4.69) is 10.3 Å². The van der Waals surface area contributed by atoms with Crippen molar-refractivity contribution < 1.29 is 19.0 Å². The number of carbonyl (C=O) groups is 1. The Hall–Kier alpha value is -4.58. The van der Waals surface area contributed by atoms with E-state index in [0.717, 1.165) is 0 Å². The molecule has 9 heteroatoms. The van der Waals surface area contributed by atoms with Crippen LogP contribution in [0.5, 0.6) is 11.5 Å². The quantitative estimate of drug-likeness (QED) is 0.541. The van der Waals surface area contributed by atoms with Crippen LogP contribution in [0.25, 0.3) is 11.3 Å². The molecule has 0 spiro atoms. The van der Waals surface area contributed by atoms with Gasteiger partial charge in [-0.15, -0.1) is 0 Å². The van der Waals surface area contributed by atoms with Gasteiger partial charge in [-0.3, -0.25) is 9.36 Å². The van der Waals surface area contributed by atoms with Crippen LogP contribution in [0.4, 0.5) is 5.95 Å². The van der Waals surface area contributed by atoms with Gasteiger partial charge in [-0.1, -0.05) is 12.1 Å². The number of ether oxygens (including phenoxy) is 3. The lowest BCUT2D eigenvalue weighted by molar-refractivity contribution is -0.139. The molecule has 0 aliphatic carbocycles. The second-order valence-electron chi connectivity index (χ2n) is 7.73. The maximum Gasteiger partial charge on any atom is 0.338 e. The topological polar surface area (TPSA) is 115 Å². The van der Waals surface area contributed by atoms with Gasteiger partial charge in [0.05, 0.1) is 38.1 Å². The maximum absolute atomic E-state index is 13.7. The molecule has 0 radical (unpaired) electrons. The Bertz CT molecular complexity index is 1400. The van der Waals surface area contributed by atoms with Gasteiger partial charge in [0.25, 0.3) is 5.56 Å². The fourth-order valence-electron chi connectivity index (χ4n) is 4.06. The van der Waals surface area contributed by atoms with E-state index in [0.29, 0.717) is 28.3 Å². The second-order valence-corrected chi connectivity index (χ2v) is 7.73. The molecule has 4 rings (SSSR count). The summed E-state index contributed by atoms with van der Waals surface area (Å²) in [6.45, 7) is 3.61. The highest BCUT2D eigenvalue weighted by Gasteiger charge is 2.36. The zero-order valence-electron chi connectivity index (χ0n) is 19.8. The summed E-state index contributed by atoms with van der Waals surface area (Å²) in [5.74, 6) is 0.914. The zero-order chi connectivity index (χ0) is 25.1. The normalized spacial score (nSPS) is 14.4. The first kappa shape index (κ1) is 23.6. The van der Waals surface area contributed by atoms with Gasteiger partial charge in [-0.05, 0) is 55.8 Å². The number of anilines is 1. The predicted molar refractivity (Wildman–Crippen MR) is 129 cm³/mol. The predicted octanol–water partition coefficient (Wildman–Crippen LogP) is 3.65. The van der Waals surface area contributed by atoms with E-state index in [-0.39, 0.29) is 29.4 Å². The van der Waals surface area contributed by atoms with E-state index >= 15 is 0 Å². The Balaban J connectivity index is 1.97. The van der Waals surface area contributed by atoms with Crippen LogP contribution in [-0.4, -0.2) is 36.3 Å². The Morgan fingerprint density at radius 3 is 2.23 bits per heavy atom. The third-order valence-electron chi connectivity index (χ3n) is 5.75. The standard InChI is InChI=1S/C26H24N4O5/c1-5-35-25(32)21-15(2)28-26-29-22(16-6-10-18(33-3)11-7-16)20(14-27)24(31)30(26)23(21)17-8-12-19(34-4)13-9-17/h6-13,23H,5H2,1-4H3,(H,28,29). The lowest BCUT2D eigenvalue weighted by Gasteiger charge is -2.31. The highest BCUT2D eigenvalue weighted by molar-refractivity contribution is 5.92. The van der Waals surface area contributed by atoms with Crippen LogP contribution in [0.3, 0.4) is 0 Å². The van der Waals surface area contributed by atoms with Gasteiger partial charge in [0.2, 0.25) is 5.95 Å². The smallest absolute Gasteiger partial charge is 0.338 e. The summed E-state index contributed by atoms with van der Waals surface area (Å²) < 4.78 is 17.1. The molecular formula is C26H24N4O5. The van der Waals surface area contributed by atoms with Gasteiger partial charge in [-0.25, -0.2) is 9.78 Å². The minimum atomic E-state index is -0.853. The molecular weight excluding hydrogens is 448 g/mol. The number of nitriles is 1. The van der Waals surface area contributed by atoms with E-state index in [1.54, 1.807) is 76.6 Å². The van der Waals surface area contributed by atoms with Crippen molar-refractivity contribution in [2.45, 2.75) is 19.9 Å². The van der Waals surface area contributed by atoms with E-state index in [4.69, 9.17) is 14.2 Å². The number of hydrogen-bond acceptors (Lipinski definition) is 8. The van der Waals surface area contributed by atoms with Crippen molar-refractivity contribution in [3.05, 3.63) is 81.3 Å². The number of rotatable bonds is 6. The Labute approximate surface area is 202 Å². The highest BCUT2D eigenvalue weighted by atomic mass is 16.5. The number of fused-ring (bicyclic) bond motifs is 1. The summed E-state index contributed by atoms with van der Waals surface area (Å²) in [7, 11) is 3.11. The molecule has 35 heavy (non-hydrogen) atoms. The highest BCUT2D eigenvalue weighted by Crippen LogP contribution is 2.37. The molecule has 1 aromatic heterocycles. The summed E-state index contributed by atoms with van der Waals surface area (Å²) in [6, 6.07) is 15.1. The summed E-state index contributed by atoms with van der Waals surface area (Å²) in [5, 5.41) is 13.0. The van der Waals surface area contributed by atoms with Crippen LogP contribution in [-0.2, 0) is 9.53 Å². The van der Waals surface area contributed by atoms with Crippen molar-refractivity contribution in [3.8, 4) is 28.8 Å². The molecule has 9 nitrogen and oxygen atoms in total. The van der Waals surface area contributed by atoms with Crippen LogP contribution in [0.2, 0.25) is 0 Å². The molecule has 1 atom stereocenters. The van der Waals surface area contributed by atoms with E-state index in [9.17, 15) is 14.9 Å². The molecule has 2 aromatic carbocycles. The number of carbonyl (C=O) groups excluding carboxylic acids is 1. The fraction of sp³-hybridized carbons (Fsp3) is 0.231. The van der Waals surface area contributed by atoms with Gasteiger partial charge in [0.15, 0.2) is 0 Å². The molecule has 1 aliphatic rings. The number of allylic oxidation sites excluding steroid dienone is 1. The molecule has 1 unspecified atom stereocenters. The summed E-state index contributed by atoms with van der Waals surface area (Å²) >= 11 is 0.